The highest BCUT2D eigenvalue weighted by Crippen LogP contribution is 2.45. The summed E-state index contributed by atoms with van der Waals surface area (Å²) in [6.07, 6.45) is -1.76. The third-order valence-electron chi connectivity index (χ3n) is 15.0. The molecule has 424 valence electrons. The Morgan fingerprint density at radius 3 is 1.88 bits per heavy atom. The number of fused-ring (bicyclic) bond motifs is 3. The van der Waals surface area contributed by atoms with Crippen molar-refractivity contribution in [2.75, 3.05) is 52.9 Å². The third kappa shape index (κ3) is 13.2. The van der Waals surface area contributed by atoms with E-state index in [2.05, 4.69) is 34.6 Å². The molecule has 3 atom stereocenters. The molecule has 10 rings (SSSR count). The number of Topliss-reactive ketones (excluding diaryl/α,β-unsaturated/α-hetero) is 1. The molecule has 1 fully saturated rings. The standard InChI is InChI=1S/C66H62N4O13/c1-69(64(75)80-41-57-55-15-9-7-13-53(55)54-14-8-10-16-56(54)57)37-38-79-65(76)82-52-29-20-44(21-30-52)39-49(71)28-19-43-17-22-45(23-18-43)62(73)67-60-35-36-70(63(74)68-60)61-40-58(72)59(83-61)42-81-66(46-11-5-4-6-12-46,47-24-31-50(77-2)32-25-47)48-26-33-51(78-3)34-27-48/h4-18,20-27,29-36,57-59,61,72H,19,28,37-42H2,1-3H3,(H,67,68,73,74)/t58?,59-,61-/m1/s1. The number of benzene rings is 7. The van der Waals surface area contributed by atoms with Crippen LogP contribution in [0.4, 0.5) is 15.4 Å². The summed E-state index contributed by atoms with van der Waals surface area (Å²) in [6, 6.07) is 55.9. The van der Waals surface area contributed by atoms with E-state index in [4.69, 9.17) is 33.2 Å². The lowest BCUT2D eigenvalue weighted by Gasteiger charge is -2.37. The average Bonchev–Trinajstić information content (AvgIpc) is 3.45. The number of aromatic nitrogens is 2. The van der Waals surface area contributed by atoms with E-state index in [9.17, 15) is 29.1 Å². The maximum absolute atomic E-state index is 13.4. The fraction of sp³-hybridized carbons (Fsp3) is 0.242. The maximum atomic E-state index is 13.4. The molecule has 2 heterocycles. The minimum Gasteiger partial charge on any atom is -0.497 e. The van der Waals surface area contributed by atoms with Crippen molar-refractivity contribution in [1.82, 2.24) is 14.5 Å². The summed E-state index contributed by atoms with van der Waals surface area (Å²) in [4.78, 5) is 70.5. The molecule has 2 aliphatic rings. The Balaban J connectivity index is 0.656. The van der Waals surface area contributed by atoms with Crippen molar-refractivity contribution in [3.05, 3.63) is 243 Å². The molecule has 83 heavy (non-hydrogen) atoms. The number of likely N-dealkylation sites (N-methyl/N-ethyl adjacent to an activating group) is 1. The van der Waals surface area contributed by atoms with Gasteiger partial charge in [-0.3, -0.25) is 14.2 Å². The van der Waals surface area contributed by atoms with Crippen molar-refractivity contribution in [2.24, 2.45) is 0 Å². The third-order valence-corrected chi connectivity index (χ3v) is 15.0. The first-order chi connectivity index (χ1) is 40.4. The molecule has 17 heteroatoms. The van der Waals surface area contributed by atoms with E-state index in [1.54, 1.807) is 69.8 Å². The number of ether oxygens (including phenoxy) is 7. The summed E-state index contributed by atoms with van der Waals surface area (Å²) in [5, 5.41) is 14.0. The van der Waals surface area contributed by atoms with Gasteiger partial charge in [-0.15, -0.1) is 0 Å². The number of carbonyl (C=O) groups is 4. The molecular formula is C66H62N4O13. The first-order valence-electron chi connectivity index (χ1n) is 27.2. The van der Waals surface area contributed by atoms with Crippen LogP contribution in [0.25, 0.3) is 11.1 Å². The fourth-order valence-electron chi connectivity index (χ4n) is 10.5. The highest BCUT2D eigenvalue weighted by molar-refractivity contribution is 6.03. The normalized spacial score (nSPS) is 15.3. The van der Waals surface area contributed by atoms with Crippen LogP contribution in [0, 0.1) is 0 Å². The van der Waals surface area contributed by atoms with Crippen LogP contribution >= 0.6 is 0 Å². The number of methoxy groups -OCH3 is 2. The number of amides is 2. The lowest BCUT2D eigenvalue weighted by Crippen LogP contribution is -2.38. The van der Waals surface area contributed by atoms with Crippen LogP contribution in [0.1, 0.15) is 74.3 Å². The van der Waals surface area contributed by atoms with Crippen LogP contribution in [0.3, 0.4) is 0 Å². The number of rotatable bonds is 22. The van der Waals surface area contributed by atoms with Gasteiger partial charge in [-0.25, -0.2) is 14.4 Å². The topological polar surface area (TPSA) is 203 Å². The highest BCUT2D eigenvalue weighted by atomic mass is 16.7. The number of nitrogens with one attached hydrogen (secondary N) is 1. The van der Waals surface area contributed by atoms with E-state index in [1.165, 1.54) is 21.7 Å². The summed E-state index contributed by atoms with van der Waals surface area (Å²) in [7, 11) is 4.77. The quantitative estimate of drug-likeness (QED) is 0.0368. The predicted octanol–water partition coefficient (Wildman–Crippen LogP) is 10.3. The number of hydrogen-bond acceptors (Lipinski definition) is 14. The summed E-state index contributed by atoms with van der Waals surface area (Å²) in [6.45, 7) is 0.102. The minimum absolute atomic E-state index is 0.0119. The zero-order valence-electron chi connectivity index (χ0n) is 46.1. The molecule has 7 aromatic carbocycles. The van der Waals surface area contributed by atoms with Crippen molar-refractivity contribution < 1.29 is 57.4 Å². The van der Waals surface area contributed by atoms with Gasteiger partial charge >= 0.3 is 17.9 Å². The molecule has 2 amide bonds. The number of aryl methyl sites for hydroxylation is 1. The van der Waals surface area contributed by atoms with E-state index in [1.807, 2.05) is 103 Å². The summed E-state index contributed by atoms with van der Waals surface area (Å²) >= 11 is 0. The van der Waals surface area contributed by atoms with Gasteiger partial charge in [0.05, 0.1) is 33.5 Å². The zero-order valence-corrected chi connectivity index (χ0v) is 46.1. The second-order valence-corrected chi connectivity index (χ2v) is 20.2. The Hall–Kier alpha value is -9.42. The zero-order chi connectivity index (χ0) is 57.9. The fourth-order valence-corrected chi connectivity index (χ4v) is 10.5. The van der Waals surface area contributed by atoms with Gasteiger partial charge in [0, 0.05) is 44.0 Å². The van der Waals surface area contributed by atoms with Gasteiger partial charge in [0.2, 0.25) is 0 Å². The molecular weight excluding hydrogens is 1060 g/mol. The van der Waals surface area contributed by atoms with Gasteiger partial charge in [-0.05, 0) is 111 Å². The van der Waals surface area contributed by atoms with Crippen LogP contribution in [0.15, 0.2) is 193 Å². The monoisotopic (exact) mass is 1120 g/mol. The van der Waals surface area contributed by atoms with Gasteiger partial charge in [0.1, 0.15) is 60.0 Å². The van der Waals surface area contributed by atoms with E-state index in [0.29, 0.717) is 23.5 Å². The Morgan fingerprint density at radius 1 is 0.687 bits per heavy atom. The van der Waals surface area contributed by atoms with E-state index < -0.39 is 47.9 Å². The molecule has 1 saturated heterocycles. The number of carbonyl (C=O) groups excluding carboxylic acids is 4. The highest BCUT2D eigenvalue weighted by Gasteiger charge is 2.42. The van der Waals surface area contributed by atoms with Crippen molar-refractivity contribution in [3.63, 3.8) is 0 Å². The number of nitrogens with zero attached hydrogens (tertiary/aromatic N) is 3. The molecule has 17 nitrogen and oxygen atoms in total. The first-order valence-corrected chi connectivity index (χ1v) is 27.2. The van der Waals surface area contributed by atoms with Crippen LogP contribution < -0.4 is 25.2 Å². The second kappa shape index (κ2) is 26.0. The molecule has 0 saturated carbocycles. The summed E-state index contributed by atoms with van der Waals surface area (Å²) < 4.78 is 41.7. The lowest BCUT2D eigenvalue weighted by atomic mass is 9.80. The Bertz CT molecular complexity index is 3520. The van der Waals surface area contributed by atoms with Crippen LogP contribution in [-0.4, -0.2) is 103 Å². The number of ketones is 1. The number of anilines is 1. The molecule has 1 aromatic heterocycles. The van der Waals surface area contributed by atoms with Crippen LogP contribution in [-0.2, 0) is 42.2 Å². The summed E-state index contributed by atoms with van der Waals surface area (Å²) in [5.74, 6) is 1.04. The molecule has 2 N–H and O–H groups in total. The Morgan fingerprint density at radius 2 is 1.27 bits per heavy atom. The van der Waals surface area contributed by atoms with Crippen molar-refractivity contribution in [3.8, 4) is 28.4 Å². The van der Waals surface area contributed by atoms with E-state index in [0.717, 1.165) is 50.1 Å². The smallest absolute Gasteiger partial charge is 0.497 e. The Labute approximate surface area is 479 Å². The van der Waals surface area contributed by atoms with Crippen molar-refractivity contribution in [2.45, 2.75) is 55.6 Å². The molecule has 0 radical (unpaired) electrons. The van der Waals surface area contributed by atoms with Crippen LogP contribution in [0.5, 0.6) is 17.2 Å². The van der Waals surface area contributed by atoms with Gasteiger partial charge in [0.25, 0.3) is 5.91 Å². The molecule has 8 aromatic rings. The second-order valence-electron chi connectivity index (χ2n) is 20.2. The molecule has 0 bridgehead atoms. The SMILES string of the molecule is COc1ccc(C(OC[C@H]2O[C@@H](n3ccc(NC(=O)c4ccc(CCC(=O)Cc5ccc(OC(=O)OCCN(C)C(=O)OCC6c7ccccc7-c7ccccc76)cc5)cc4)nc3=O)CC2O)(c2ccccc2)c2ccc(OC)cc2)cc1. The van der Waals surface area contributed by atoms with E-state index >= 15 is 0 Å². The summed E-state index contributed by atoms with van der Waals surface area (Å²) in [5.41, 5.74) is 7.00. The number of aliphatic hydroxyl groups excluding tert-OH is 1. The minimum atomic E-state index is -1.16. The largest absolute Gasteiger partial charge is 0.513 e. The molecule has 0 spiro atoms. The Kier molecular flexibility index (Phi) is 17.8. The van der Waals surface area contributed by atoms with Crippen molar-refractivity contribution in [1.29, 1.82) is 0 Å². The lowest BCUT2D eigenvalue weighted by molar-refractivity contribution is -0.118. The number of hydrogen-bond donors (Lipinski definition) is 2. The number of aliphatic hydroxyl groups is 1. The molecule has 1 aliphatic heterocycles. The average molecular weight is 1120 g/mol. The van der Waals surface area contributed by atoms with Crippen molar-refractivity contribution >= 4 is 29.8 Å². The molecule has 1 aliphatic carbocycles. The first kappa shape index (κ1) is 56.8. The van der Waals surface area contributed by atoms with E-state index in [-0.39, 0.29) is 68.9 Å². The van der Waals surface area contributed by atoms with Gasteiger partial charge in [-0.1, -0.05) is 127 Å². The van der Waals surface area contributed by atoms with Gasteiger partial charge in [-0.2, -0.15) is 4.98 Å². The maximum Gasteiger partial charge on any atom is 0.513 e. The predicted molar refractivity (Wildman–Crippen MR) is 309 cm³/mol. The molecule has 1 unspecified atom stereocenters. The van der Waals surface area contributed by atoms with Crippen LogP contribution in [0.2, 0.25) is 0 Å². The van der Waals surface area contributed by atoms with Gasteiger partial charge < -0.3 is 48.5 Å². The van der Waals surface area contributed by atoms with Gasteiger partial charge in [0.15, 0.2) is 0 Å².